The van der Waals surface area contributed by atoms with Gasteiger partial charge in [0.05, 0.1) is 22.1 Å². The topological polar surface area (TPSA) is 9.86 Å². The van der Waals surface area contributed by atoms with Crippen LogP contribution in [0.2, 0.25) is 0 Å². The van der Waals surface area contributed by atoms with Gasteiger partial charge in [-0.05, 0) is 117 Å². The number of hydrogen-bond acceptors (Lipinski definition) is 0. The Labute approximate surface area is 298 Å². The molecule has 9 aromatic rings. The quantitative estimate of drug-likeness (QED) is 0.175. The van der Waals surface area contributed by atoms with Gasteiger partial charge in [0, 0.05) is 32.9 Å². The summed E-state index contributed by atoms with van der Waals surface area (Å²) in [6.07, 6.45) is 3.35. The van der Waals surface area contributed by atoms with Gasteiger partial charge in [0.25, 0.3) is 0 Å². The third-order valence-electron chi connectivity index (χ3n) is 12.6. The minimum atomic E-state index is 0.102. The van der Waals surface area contributed by atoms with E-state index < -0.39 is 0 Å². The van der Waals surface area contributed by atoms with Crippen molar-refractivity contribution in [2.75, 3.05) is 0 Å². The highest BCUT2D eigenvalue weighted by atomic mass is 15.0. The van der Waals surface area contributed by atoms with E-state index in [1.807, 2.05) is 0 Å². The fourth-order valence-corrected chi connectivity index (χ4v) is 9.88. The summed E-state index contributed by atoms with van der Waals surface area (Å²) in [5, 5.41) is 7.94. The fraction of sp³-hybridized carbons (Fsp3) is 0.184. The van der Waals surface area contributed by atoms with Crippen LogP contribution < -0.4 is 0 Å². The molecule has 2 heterocycles. The highest BCUT2D eigenvalue weighted by Crippen LogP contribution is 2.52. The van der Waals surface area contributed by atoms with E-state index in [0.29, 0.717) is 0 Å². The lowest BCUT2D eigenvalue weighted by atomic mass is 9.63. The molecule has 0 spiro atoms. The Morgan fingerprint density at radius 3 is 1.75 bits per heavy atom. The molecule has 0 unspecified atom stereocenters. The summed E-state index contributed by atoms with van der Waals surface area (Å²) in [6, 6.07) is 50.5. The van der Waals surface area contributed by atoms with Gasteiger partial charge in [-0.2, -0.15) is 0 Å². The molecule has 51 heavy (non-hydrogen) atoms. The Balaban J connectivity index is 1.38. The Hall–Kier alpha value is -5.60. The minimum absolute atomic E-state index is 0.102. The van der Waals surface area contributed by atoms with Gasteiger partial charge in [0.2, 0.25) is 0 Å². The molecule has 2 aliphatic rings. The first-order valence-corrected chi connectivity index (χ1v) is 18.5. The maximum absolute atomic E-state index is 2.59. The van der Waals surface area contributed by atoms with Crippen LogP contribution in [0.25, 0.3) is 76.9 Å². The van der Waals surface area contributed by atoms with Crippen molar-refractivity contribution in [3.05, 3.63) is 156 Å². The molecule has 2 heteroatoms. The van der Waals surface area contributed by atoms with E-state index in [1.165, 1.54) is 112 Å². The zero-order valence-corrected chi connectivity index (χ0v) is 29.7. The van der Waals surface area contributed by atoms with Gasteiger partial charge in [-0.1, -0.05) is 119 Å². The van der Waals surface area contributed by atoms with Crippen LogP contribution in [0, 0.1) is 0 Å². The van der Waals surface area contributed by atoms with Crippen molar-refractivity contribution in [1.29, 1.82) is 0 Å². The summed E-state index contributed by atoms with van der Waals surface area (Å²) in [4.78, 5) is 0. The monoisotopic (exact) mass is 656 g/mol. The number of para-hydroxylation sites is 2. The molecule has 2 nitrogen and oxygen atoms in total. The lowest BCUT2D eigenvalue weighted by Crippen LogP contribution is -2.33. The summed E-state index contributed by atoms with van der Waals surface area (Å²) in [5.41, 5.74) is 16.3. The molecule has 0 atom stereocenters. The van der Waals surface area contributed by atoms with Gasteiger partial charge in [-0.3, -0.25) is 0 Å². The molecule has 0 saturated heterocycles. The third-order valence-corrected chi connectivity index (χ3v) is 12.6. The number of hydrogen-bond donors (Lipinski definition) is 0. The number of benzene rings is 7. The molecule has 0 N–H and O–H groups in total. The van der Waals surface area contributed by atoms with Gasteiger partial charge >= 0.3 is 0 Å². The lowest BCUT2D eigenvalue weighted by molar-refractivity contribution is 0.332. The van der Waals surface area contributed by atoms with Crippen molar-refractivity contribution in [3.8, 4) is 22.5 Å². The number of nitrogens with zero attached hydrogens (tertiary/aromatic N) is 2. The molecule has 0 bridgehead atoms. The Bertz CT molecular complexity index is 2930. The first-order chi connectivity index (χ1) is 24.8. The predicted octanol–water partition coefficient (Wildman–Crippen LogP) is 13.0. The minimum Gasteiger partial charge on any atom is -0.307 e. The predicted molar refractivity (Wildman–Crippen MR) is 216 cm³/mol. The van der Waals surface area contributed by atoms with Crippen molar-refractivity contribution in [2.45, 2.75) is 57.8 Å². The first-order valence-electron chi connectivity index (χ1n) is 18.5. The van der Waals surface area contributed by atoms with E-state index in [4.69, 9.17) is 0 Å². The van der Waals surface area contributed by atoms with Gasteiger partial charge in [0.15, 0.2) is 0 Å². The van der Waals surface area contributed by atoms with Crippen molar-refractivity contribution < 1.29 is 0 Å². The molecule has 11 rings (SSSR count). The molecule has 0 fully saturated rings. The number of rotatable bonds is 2. The molecular weight excluding hydrogens is 617 g/mol. The molecule has 7 aromatic carbocycles. The van der Waals surface area contributed by atoms with Crippen molar-refractivity contribution >= 4 is 54.4 Å². The van der Waals surface area contributed by atoms with Gasteiger partial charge in [-0.25, -0.2) is 0 Å². The molecule has 0 aliphatic heterocycles. The average Bonchev–Trinajstić information content (AvgIpc) is 3.81. The molecule has 246 valence electrons. The summed E-state index contributed by atoms with van der Waals surface area (Å²) < 4.78 is 5.17. The van der Waals surface area contributed by atoms with Crippen LogP contribution in [0.4, 0.5) is 0 Å². The van der Waals surface area contributed by atoms with E-state index in [9.17, 15) is 0 Å². The first kappa shape index (κ1) is 29.2. The van der Waals surface area contributed by atoms with Crippen LogP contribution in [0.1, 0.15) is 62.8 Å². The standard InChI is InChI=1S/C49H40N2/c1-48(2)24-25-49(3,4)41-29-43-39(28-40(41)48)45-37-19-11-10-18-36(37)44-38-20-12-13-21-42(38)51(46(44)47(45)50(43)32-15-6-5-7-16-32)33-22-23-35-31(27-33)26-30-14-8-9-17-34(30)35/h5-23,27-29H,24-26H2,1-4H3. The fourth-order valence-electron chi connectivity index (χ4n) is 9.88. The van der Waals surface area contributed by atoms with E-state index >= 15 is 0 Å². The van der Waals surface area contributed by atoms with Crippen molar-refractivity contribution in [3.63, 3.8) is 0 Å². The second kappa shape index (κ2) is 10.0. The third kappa shape index (κ3) is 3.88. The average molecular weight is 657 g/mol. The zero-order valence-electron chi connectivity index (χ0n) is 29.7. The van der Waals surface area contributed by atoms with E-state index in [0.717, 1.165) is 6.42 Å². The highest BCUT2D eigenvalue weighted by molar-refractivity contribution is 6.36. The Morgan fingerprint density at radius 2 is 1.00 bits per heavy atom. The van der Waals surface area contributed by atoms with E-state index in [1.54, 1.807) is 0 Å². The van der Waals surface area contributed by atoms with Crippen LogP contribution >= 0.6 is 0 Å². The Kier molecular flexibility index (Phi) is 5.72. The summed E-state index contributed by atoms with van der Waals surface area (Å²) >= 11 is 0. The molecule has 0 amide bonds. The lowest BCUT2D eigenvalue weighted by Gasteiger charge is -2.42. The van der Waals surface area contributed by atoms with Gasteiger partial charge in [-0.15, -0.1) is 0 Å². The normalized spacial score (nSPS) is 15.9. The largest absolute Gasteiger partial charge is 0.307 e. The van der Waals surface area contributed by atoms with Gasteiger partial charge in [0.1, 0.15) is 0 Å². The summed E-state index contributed by atoms with van der Waals surface area (Å²) in [5.74, 6) is 0. The Morgan fingerprint density at radius 1 is 0.431 bits per heavy atom. The molecule has 2 aromatic heterocycles. The van der Waals surface area contributed by atoms with Crippen molar-refractivity contribution in [1.82, 2.24) is 9.13 Å². The second-order valence-corrected chi connectivity index (χ2v) is 16.4. The molecular formula is C49H40N2. The second-order valence-electron chi connectivity index (χ2n) is 16.4. The van der Waals surface area contributed by atoms with Crippen LogP contribution in [0.15, 0.2) is 133 Å². The van der Waals surface area contributed by atoms with Crippen LogP contribution in [-0.4, -0.2) is 9.13 Å². The molecule has 2 aliphatic carbocycles. The number of fused-ring (bicyclic) bond motifs is 14. The molecule has 0 radical (unpaired) electrons. The van der Waals surface area contributed by atoms with Crippen molar-refractivity contribution in [2.24, 2.45) is 0 Å². The van der Waals surface area contributed by atoms with E-state index in [2.05, 4.69) is 170 Å². The van der Waals surface area contributed by atoms with Crippen LogP contribution in [0.3, 0.4) is 0 Å². The maximum Gasteiger partial charge on any atom is 0.0795 e. The maximum atomic E-state index is 2.59. The highest BCUT2D eigenvalue weighted by Gasteiger charge is 2.38. The summed E-state index contributed by atoms with van der Waals surface area (Å²) in [7, 11) is 0. The van der Waals surface area contributed by atoms with Crippen LogP contribution in [-0.2, 0) is 17.3 Å². The van der Waals surface area contributed by atoms with Crippen LogP contribution in [0.5, 0.6) is 0 Å². The smallest absolute Gasteiger partial charge is 0.0795 e. The SMILES string of the molecule is CC1(C)CCC(C)(C)c2cc3c(cc21)c1c2ccccc2c2c4ccccc4n(-c4ccc5c(c4)Cc4ccccc4-5)c2c1n3-c1ccccc1. The summed E-state index contributed by atoms with van der Waals surface area (Å²) in [6.45, 7) is 9.78. The number of aromatic nitrogens is 2. The van der Waals surface area contributed by atoms with Gasteiger partial charge < -0.3 is 9.13 Å². The van der Waals surface area contributed by atoms with E-state index in [-0.39, 0.29) is 10.8 Å². The molecule has 0 saturated carbocycles. The zero-order chi connectivity index (χ0) is 34.2.